The van der Waals surface area contributed by atoms with Crippen LogP contribution in [0, 0.1) is 0 Å². The second-order valence-electron chi connectivity index (χ2n) is 3.49. The highest BCUT2D eigenvalue weighted by atomic mass is 79.9. The number of hydrogen-bond acceptors (Lipinski definition) is 3. The van der Waals surface area contributed by atoms with Crippen molar-refractivity contribution in [1.82, 2.24) is 10.4 Å². The number of aromatic nitrogens is 1. The molecule has 0 aliphatic rings. The van der Waals surface area contributed by atoms with E-state index in [1.54, 1.807) is 48.9 Å². The van der Waals surface area contributed by atoms with Crippen LogP contribution in [0.1, 0.15) is 15.9 Å². The zero-order valence-electron chi connectivity index (χ0n) is 9.38. The van der Waals surface area contributed by atoms with Crippen LogP contribution >= 0.6 is 15.9 Å². The lowest BCUT2D eigenvalue weighted by molar-refractivity contribution is 0.0955. The number of hydrazone groups is 1. The number of carbonyl (C=O) groups is 1. The molecule has 0 unspecified atom stereocenters. The van der Waals surface area contributed by atoms with Crippen molar-refractivity contribution in [2.75, 3.05) is 0 Å². The van der Waals surface area contributed by atoms with Gasteiger partial charge in [-0.25, -0.2) is 5.43 Å². The van der Waals surface area contributed by atoms with Crippen molar-refractivity contribution >= 4 is 28.1 Å². The van der Waals surface area contributed by atoms with Crippen molar-refractivity contribution < 1.29 is 4.79 Å². The van der Waals surface area contributed by atoms with Gasteiger partial charge < -0.3 is 0 Å². The largest absolute Gasteiger partial charge is 0.271 e. The minimum absolute atomic E-state index is 0.249. The van der Waals surface area contributed by atoms with Gasteiger partial charge in [0.05, 0.1) is 6.21 Å². The van der Waals surface area contributed by atoms with E-state index in [4.69, 9.17) is 0 Å². The third-order valence-electron chi connectivity index (χ3n) is 2.17. The van der Waals surface area contributed by atoms with Crippen molar-refractivity contribution in [3.63, 3.8) is 0 Å². The van der Waals surface area contributed by atoms with Crippen LogP contribution in [0.25, 0.3) is 0 Å². The third-order valence-corrected chi connectivity index (χ3v) is 2.67. The molecular formula is C13H10BrN3O. The fourth-order valence-corrected chi connectivity index (χ4v) is 1.71. The standard InChI is InChI=1S/C13H10BrN3O/c14-12-3-1-2-11(8-12)13(18)17-16-9-10-4-6-15-7-5-10/h1-9H,(H,17,18). The van der Waals surface area contributed by atoms with E-state index in [9.17, 15) is 4.79 Å². The van der Waals surface area contributed by atoms with E-state index in [1.807, 2.05) is 6.07 Å². The molecule has 0 fully saturated rings. The first kappa shape index (κ1) is 12.4. The minimum Gasteiger partial charge on any atom is -0.267 e. The summed E-state index contributed by atoms with van der Waals surface area (Å²) in [7, 11) is 0. The molecule has 1 aromatic heterocycles. The van der Waals surface area contributed by atoms with E-state index >= 15 is 0 Å². The number of rotatable bonds is 3. The highest BCUT2D eigenvalue weighted by Crippen LogP contribution is 2.11. The Kier molecular flexibility index (Phi) is 4.20. The predicted molar refractivity (Wildman–Crippen MR) is 73.4 cm³/mol. The summed E-state index contributed by atoms with van der Waals surface area (Å²) in [5.74, 6) is -0.249. The number of carbonyl (C=O) groups excluding carboxylic acids is 1. The maximum atomic E-state index is 11.7. The second kappa shape index (κ2) is 6.07. The fourth-order valence-electron chi connectivity index (χ4n) is 1.31. The number of benzene rings is 1. The van der Waals surface area contributed by atoms with Crippen LogP contribution in [0.15, 0.2) is 58.4 Å². The molecule has 0 spiro atoms. The summed E-state index contributed by atoms with van der Waals surface area (Å²) >= 11 is 3.31. The van der Waals surface area contributed by atoms with Crippen LogP contribution in [0.4, 0.5) is 0 Å². The van der Waals surface area contributed by atoms with Gasteiger partial charge in [0.2, 0.25) is 0 Å². The molecule has 90 valence electrons. The van der Waals surface area contributed by atoms with Gasteiger partial charge in [-0.15, -0.1) is 0 Å². The molecule has 0 aliphatic heterocycles. The summed E-state index contributed by atoms with van der Waals surface area (Å²) in [6.45, 7) is 0. The number of amides is 1. The first-order valence-electron chi connectivity index (χ1n) is 5.25. The molecular weight excluding hydrogens is 294 g/mol. The lowest BCUT2D eigenvalue weighted by Gasteiger charge is -1.99. The van der Waals surface area contributed by atoms with Crippen molar-refractivity contribution in [3.8, 4) is 0 Å². The Hall–Kier alpha value is -2.01. The van der Waals surface area contributed by atoms with E-state index in [-0.39, 0.29) is 5.91 Å². The van der Waals surface area contributed by atoms with Crippen molar-refractivity contribution in [2.45, 2.75) is 0 Å². The predicted octanol–water partition coefficient (Wildman–Crippen LogP) is 2.61. The number of hydrogen-bond donors (Lipinski definition) is 1. The van der Waals surface area contributed by atoms with Crippen LogP contribution in [0.5, 0.6) is 0 Å². The SMILES string of the molecule is O=C(NN=Cc1ccncc1)c1cccc(Br)c1. The number of halogens is 1. The van der Waals surface area contributed by atoms with Crippen LogP contribution in [0.2, 0.25) is 0 Å². The summed E-state index contributed by atoms with van der Waals surface area (Å²) in [4.78, 5) is 15.6. The quantitative estimate of drug-likeness (QED) is 0.700. The molecule has 4 nitrogen and oxygen atoms in total. The first-order chi connectivity index (χ1) is 8.75. The van der Waals surface area contributed by atoms with Gasteiger partial charge in [-0.05, 0) is 35.9 Å². The fraction of sp³-hybridized carbons (Fsp3) is 0. The number of pyridine rings is 1. The van der Waals surface area contributed by atoms with Crippen LogP contribution in [-0.2, 0) is 0 Å². The van der Waals surface area contributed by atoms with Crippen molar-refractivity contribution in [1.29, 1.82) is 0 Å². The van der Waals surface area contributed by atoms with Crippen LogP contribution < -0.4 is 5.43 Å². The topological polar surface area (TPSA) is 54.4 Å². The summed E-state index contributed by atoms with van der Waals surface area (Å²) in [5.41, 5.74) is 3.89. The average Bonchev–Trinajstić information content (AvgIpc) is 2.40. The molecule has 0 saturated carbocycles. The second-order valence-corrected chi connectivity index (χ2v) is 4.41. The highest BCUT2D eigenvalue weighted by Gasteiger charge is 2.03. The summed E-state index contributed by atoms with van der Waals surface area (Å²) in [6.07, 6.45) is 4.90. The van der Waals surface area contributed by atoms with Gasteiger partial charge in [-0.2, -0.15) is 5.10 Å². The van der Waals surface area contributed by atoms with E-state index in [0.29, 0.717) is 5.56 Å². The van der Waals surface area contributed by atoms with Crippen LogP contribution in [-0.4, -0.2) is 17.1 Å². The van der Waals surface area contributed by atoms with E-state index in [1.165, 1.54) is 0 Å². The molecule has 18 heavy (non-hydrogen) atoms. The normalized spacial score (nSPS) is 10.5. The lowest BCUT2D eigenvalue weighted by atomic mass is 10.2. The van der Waals surface area contributed by atoms with E-state index < -0.39 is 0 Å². The Morgan fingerprint density at radius 3 is 2.78 bits per heavy atom. The van der Waals surface area contributed by atoms with Crippen molar-refractivity contribution in [3.05, 3.63) is 64.4 Å². The van der Waals surface area contributed by atoms with Gasteiger partial charge in [0.15, 0.2) is 0 Å². The molecule has 1 heterocycles. The van der Waals surface area contributed by atoms with Crippen LogP contribution in [0.3, 0.4) is 0 Å². The lowest BCUT2D eigenvalue weighted by Crippen LogP contribution is -2.17. The maximum Gasteiger partial charge on any atom is 0.271 e. The molecule has 0 bridgehead atoms. The third kappa shape index (κ3) is 3.49. The molecule has 0 radical (unpaired) electrons. The highest BCUT2D eigenvalue weighted by molar-refractivity contribution is 9.10. The number of nitrogens with zero attached hydrogens (tertiary/aromatic N) is 2. The summed E-state index contributed by atoms with van der Waals surface area (Å²) < 4.78 is 0.855. The number of nitrogens with one attached hydrogen (secondary N) is 1. The molecule has 0 saturated heterocycles. The molecule has 1 aromatic carbocycles. The maximum absolute atomic E-state index is 11.7. The molecule has 2 rings (SSSR count). The van der Waals surface area contributed by atoms with E-state index in [2.05, 4.69) is 31.4 Å². The van der Waals surface area contributed by atoms with Gasteiger partial charge in [-0.1, -0.05) is 22.0 Å². The minimum atomic E-state index is -0.249. The Labute approximate surface area is 113 Å². The molecule has 0 atom stereocenters. The summed E-state index contributed by atoms with van der Waals surface area (Å²) in [5, 5.41) is 3.88. The zero-order chi connectivity index (χ0) is 12.8. The van der Waals surface area contributed by atoms with Gasteiger partial charge in [0.25, 0.3) is 5.91 Å². The van der Waals surface area contributed by atoms with Gasteiger partial charge in [-0.3, -0.25) is 9.78 Å². The van der Waals surface area contributed by atoms with Gasteiger partial charge in [0.1, 0.15) is 0 Å². The van der Waals surface area contributed by atoms with Gasteiger partial charge in [0, 0.05) is 22.4 Å². The monoisotopic (exact) mass is 303 g/mol. The Bertz CT molecular complexity index is 569. The molecule has 1 N–H and O–H groups in total. The zero-order valence-corrected chi connectivity index (χ0v) is 11.0. The molecule has 1 amide bonds. The summed E-state index contributed by atoms with van der Waals surface area (Å²) in [6, 6.07) is 10.7. The Morgan fingerprint density at radius 2 is 2.06 bits per heavy atom. The average molecular weight is 304 g/mol. The van der Waals surface area contributed by atoms with Crippen molar-refractivity contribution in [2.24, 2.45) is 5.10 Å². The first-order valence-corrected chi connectivity index (χ1v) is 6.04. The Balaban J connectivity index is 1.99. The molecule has 5 heteroatoms. The smallest absolute Gasteiger partial charge is 0.267 e. The van der Waals surface area contributed by atoms with Gasteiger partial charge >= 0.3 is 0 Å². The Morgan fingerprint density at radius 1 is 1.28 bits per heavy atom. The molecule has 0 aliphatic carbocycles. The van der Waals surface area contributed by atoms with E-state index in [0.717, 1.165) is 10.0 Å². The molecule has 2 aromatic rings.